The van der Waals surface area contributed by atoms with Gasteiger partial charge in [-0.05, 0) is 49.1 Å². The average molecular weight is 363 g/mol. The first-order chi connectivity index (χ1) is 11.2. The van der Waals surface area contributed by atoms with Gasteiger partial charge < -0.3 is 4.90 Å². The first kappa shape index (κ1) is 17.6. The number of aromatic nitrogens is 1. The van der Waals surface area contributed by atoms with Gasteiger partial charge in [0.15, 0.2) is 0 Å². The Kier molecular flexibility index (Phi) is 4.85. The van der Waals surface area contributed by atoms with Gasteiger partial charge in [-0.15, -0.1) is 22.7 Å². The maximum absolute atomic E-state index is 12.8. The van der Waals surface area contributed by atoms with Gasteiger partial charge >= 0.3 is 0 Å². The number of amides is 1. The van der Waals surface area contributed by atoms with Gasteiger partial charge in [-0.2, -0.15) is 0 Å². The second-order valence-corrected chi connectivity index (χ2v) is 10.1. The van der Waals surface area contributed by atoms with Gasteiger partial charge in [-0.3, -0.25) is 4.79 Å². The first-order valence-electron chi connectivity index (χ1n) is 8.52. The van der Waals surface area contributed by atoms with Crippen molar-refractivity contribution in [2.24, 2.45) is 11.3 Å². The van der Waals surface area contributed by atoms with Crippen LogP contribution in [-0.4, -0.2) is 22.8 Å². The first-order valence-corrected chi connectivity index (χ1v) is 10.2. The minimum atomic E-state index is 0.118. The van der Waals surface area contributed by atoms with Crippen molar-refractivity contribution in [3.05, 3.63) is 37.5 Å². The number of rotatable bonds is 3. The fraction of sp³-hybridized carbons (Fsp3) is 0.579. The van der Waals surface area contributed by atoms with Crippen LogP contribution in [0.4, 0.5) is 0 Å². The van der Waals surface area contributed by atoms with Gasteiger partial charge in [0.25, 0.3) is 5.91 Å². The zero-order valence-electron chi connectivity index (χ0n) is 15.2. The molecule has 24 heavy (non-hydrogen) atoms. The molecule has 2 aromatic heterocycles. The lowest BCUT2D eigenvalue weighted by atomic mass is 9.72. The maximum Gasteiger partial charge on any atom is 0.264 e. The van der Waals surface area contributed by atoms with E-state index >= 15 is 0 Å². The molecule has 0 aromatic carbocycles. The molecule has 0 spiro atoms. The molecule has 1 unspecified atom stereocenters. The summed E-state index contributed by atoms with van der Waals surface area (Å²) in [4.78, 5) is 21.3. The molecule has 1 atom stereocenters. The van der Waals surface area contributed by atoms with Gasteiger partial charge in [-0.25, -0.2) is 4.98 Å². The molecule has 5 heteroatoms. The van der Waals surface area contributed by atoms with E-state index < -0.39 is 0 Å². The van der Waals surface area contributed by atoms with E-state index in [0.29, 0.717) is 17.9 Å². The van der Waals surface area contributed by atoms with Gasteiger partial charge in [-0.1, -0.05) is 20.8 Å². The molecule has 2 heterocycles. The molecule has 0 aliphatic heterocycles. The minimum Gasteiger partial charge on any atom is -0.335 e. The maximum atomic E-state index is 12.8. The number of fused-ring (bicyclic) bond motifs is 1. The molecule has 1 aliphatic rings. The quantitative estimate of drug-likeness (QED) is 0.775. The molecule has 0 saturated carbocycles. The topological polar surface area (TPSA) is 33.2 Å². The van der Waals surface area contributed by atoms with Crippen LogP contribution >= 0.6 is 22.7 Å². The summed E-state index contributed by atoms with van der Waals surface area (Å²) in [6.07, 6.45) is 3.46. The molecule has 0 fully saturated rings. The summed E-state index contributed by atoms with van der Waals surface area (Å²) in [7, 11) is 1.87. The lowest BCUT2D eigenvalue weighted by Gasteiger charge is -2.33. The molecule has 3 rings (SSSR count). The molecule has 0 N–H and O–H groups in total. The van der Waals surface area contributed by atoms with E-state index in [2.05, 4.69) is 31.8 Å². The monoisotopic (exact) mass is 362 g/mol. The number of carbonyl (C=O) groups is 1. The predicted molar refractivity (Wildman–Crippen MR) is 102 cm³/mol. The predicted octanol–water partition coefficient (Wildman–Crippen LogP) is 4.94. The standard InChI is InChI=1S/C19H26N2OS2/c1-12-20-15(11-23-12)10-21(5)18(22)17-9-13-8-14(19(2,3)4)6-7-16(13)24-17/h9,11,14H,6-8,10H2,1-5H3. The number of aryl methyl sites for hydroxylation is 2. The Balaban J connectivity index is 1.72. The van der Waals surface area contributed by atoms with Crippen molar-refractivity contribution in [2.45, 2.75) is 53.5 Å². The van der Waals surface area contributed by atoms with Crippen LogP contribution < -0.4 is 0 Å². The Bertz CT molecular complexity index is 739. The Hall–Kier alpha value is -1.20. The molecular formula is C19H26N2OS2. The van der Waals surface area contributed by atoms with Crippen molar-refractivity contribution in [3.8, 4) is 0 Å². The Morgan fingerprint density at radius 3 is 2.79 bits per heavy atom. The van der Waals surface area contributed by atoms with Crippen LogP contribution in [0.2, 0.25) is 0 Å². The van der Waals surface area contributed by atoms with E-state index in [1.54, 1.807) is 27.6 Å². The Labute approximate surface area is 152 Å². The molecule has 0 saturated heterocycles. The summed E-state index contributed by atoms with van der Waals surface area (Å²) in [5, 5.41) is 3.08. The minimum absolute atomic E-state index is 0.118. The number of thiophene rings is 1. The lowest BCUT2D eigenvalue weighted by molar-refractivity contribution is 0.0788. The van der Waals surface area contributed by atoms with Gasteiger partial charge in [0, 0.05) is 17.3 Å². The number of hydrogen-bond donors (Lipinski definition) is 0. The van der Waals surface area contributed by atoms with Crippen molar-refractivity contribution in [2.75, 3.05) is 7.05 Å². The third-order valence-electron chi connectivity index (χ3n) is 4.93. The summed E-state index contributed by atoms with van der Waals surface area (Å²) in [5.74, 6) is 0.825. The van der Waals surface area contributed by atoms with Crippen LogP contribution in [0.25, 0.3) is 0 Å². The summed E-state index contributed by atoms with van der Waals surface area (Å²) in [5.41, 5.74) is 2.71. The number of hydrogen-bond acceptors (Lipinski definition) is 4. The van der Waals surface area contributed by atoms with E-state index in [-0.39, 0.29) is 5.91 Å². The van der Waals surface area contributed by atoms with Crippen molar-refractivity contribution < 1.29 is 4.79 Å². The highest BCUT2D eigenvalue weighted by atomic mass is 32.1. The van der Waals surface area contributed by atoms with Crippen LogP contribution in [0, 0.1) is 18.3 Å². The van der Waals surface area contributed by atoms with Crippen molar-refractivity contribution in [1.29, 1.82) is 0 Å². The molecule has 130 valence electrons. The normalized spacial score (nSPS) is 17.6. The van der Waals surface area contributed by atoms with E-state index in [4.69, 9.17) is 0 Å². The Morgan fingerprint density at radius 1 is 1.42 bits per heavy atom. The van der Waals surface area contributed by atoms with Crippen molar-refractivity contribution >= 4 is 28.6 Å². The van der Waals surface area contributed by atoms with Crippen molar-refractivity contribution in [1.82, 2.24) is 9.88 Å². The third kappa shape index (κ3) is 3.72. The van der Waals surface area contributed by atoms with Gasteiger partial charge in [0.2, 0.25) is 0 Å². The fourth-order valence-electron chi connectivity index (χ4n) is 3.35. The highest BCUT2D eigenvalue weighted by Crippen LogP contribution is 2.40. The Morgan fingerprint density at radius 2 is 2.17 bits per heavy atom. The molecule has 2 aromatic rings. The van der Waals surface area contributed by atoms with Crippen LogP contribution in [0.15, 0.2) is 11.4 Å². The number of nitrogens with zero attached hydrogens (tertiary/aromatic N) is 2. The smallest absolute Gasteiger partial charge is 0.264 e. The molecule has 0 bridgehead atoms. The van der Waals surface area contributed by atoms with Crippen LogP contribution in [-0.2, 0) is 19.4 Å². The van der Waals surface area contributed by atoms with Crippen LogP contribution in [0.3, 0.4) is 0 Å². The highest BCUT2D eigenvalue weighted by molar-refractivity contribution is 7.14. The van der Waals surface area contributed by atoms with Crippen LogP contribution in [0.1, 0.15) is 58.0 Å². The van der Waals surface area contributed by atoms with E-state index in [1.807, 2.05) is 19.4 Å². The fourth-order valence-corrected chi connectivity index (χ4v) is 5.16. The molecule has 1 amide bonds. The third-order valence-corrected chi connectivity index (χ3v) is 6.98. The number of thiazole rings is 1. The molecule has 3 nitrogen and oxygen atoms in total. The van der Waals surface area contributed by atoms with Gasteiger partial charge in [0.1, 0.15) is 0 Å². The number of carbonyl (C=O) groups excluding carboxylic acids is 1. The summed E-state index contributed by atoms with van der Waals surface area (Å²) >= 11 is 3.32. The largest absolute Gasteiger partial charge is 0.335 e. The zero-order chi connectivity index (χ0) is 17.5. The molecule has 0 radical (unpaired) electrons. The summed E-state index contributed by atoms with van der Waals surface area (Å²) in [6, 6.07) is 2.14. The van der Waals surface area contributed by atoms with E-state index in [9.17, 15) is 4.79 Å². The van der Waals surface area contributed by atoms with Crippen molar-refractivity contribution in [3.63, 3.8) is 0 Å². The zero-order valence-corrected chi connectivity index (χ0v) is 16.8. The van der Waals surface area contributed by atoms with Crippen LogP contribution in [0.5, 0.6) is 0 Å². The molecule has 1 aliphatic carbocycles. The van der Waals surface area contributed by atoms with Gasteiger partial charge in [0.05, 0.1) is 22.1 Å². The second-order valence-electron chi connectivity index (χ2n) is 7.88. The second kappa shape index (κ2) is 6.60. The summed E-state index contributed by atoms with van der Waals surface area (Å²) in [6.45, 7) is 9.55. The van der Waals surface area contributed by atoms with E-state index in [1.165, 1.54) is 16.9 Å². The highest BCUT2D eigenvalue weighted by Gasteiger charge is 2.30. The molecular weight excluding hydrogens is 336 g/mol. The SMILES string of the molecule is Cc1nc(CN(C)C(=O)c2cc3c(s2)CCC(C(C)(C)C)C3)cs1. The average Bonchev–Trinajstić information content (AvgIpc) is 3.10. The lowest BCUT2D eigenvalue weighted by Crippen LogP contribution is -2.26. The van der Waals surface area contributed by atoms with E-state index in [0.717, 1.165) is 28.4 Å². The summed E-state index contributed by atoms with van der Waals surface area (Å²) < 4.78 is 0.